The van der Waals surface area contributed by atoms with Gasteiger partial charge in [0.15, 0.2) is 0 Å². The van der Waals surface area contributed by atoms with Crippen molar-refractivity contribution in [3.63, 3.8) is 0 Å². The second-order valence-corrected chi connectivity index (χ2v) is 4.98. The molecule has 20 heavy (non-hydrogen) atoms. The van der Waals surface area contributed by atoms with Crippen molar-refractivity contribution in [2.24, 2.45) is 0 Å². The van der Waals surface area contributed by atoms with Crippen LogP contribution in [0.3, 0.4) is 0 Å². The van der Waals surface area contributed by atoms with Gasteiger partial charge < -0.3 is 15.7 Å². The van der Waals surface area contributed by atoms with Gasteiger partial charge in [-0.2, -0.15) is 0 Å². The number of amides is 2. The molecule has 0 spiro atoms. The fourth-order valence-electron chi connectivity index (χ4n) is 1.52. The van der Waals surface area contributed by atoms with Gasteiger partial charge in [-0.1, -0.05) is 18.5 Å². The molecule has 0 aliphatic heterocycles. The topological polar surface area (TPSA) is 78.4 Å². The number of phenolic OH excluding ortho intramolecular Hbond substituents is 1. The number of carbonyl (C=O) groups excluding carboxylic acids is 2. The van der Waals surface area contributed by atoms with Crippen LogP contribution in [0.5, 0.6) is 5.75 Å². The van der Waals surface area contributed by atoms with Gasteiger partial charge in [0.05, 0.1) is 5.56 Å². The minimum absolute atomic E-state index is 0.0971. The highest BCUT2D eigenvalue weighted by atomic mass is 35.5. The summed E-state index contributed by atoms with van der Waals surface area (Å²) < 4.78 is 0. The van der Waals surface area contributed by atoms with Crippen LogP contribution in [0, 0.1) is 0 Å². The number of carbonyl (C=O) groups is 2. The van der Waals surface area contributed by atoms with Crippen LogP contribution in [0.15, 0.2) is 18.2 Å². The highest BCUT2D eigenvalue weighted by molar-refractivity contribution is 6.31. The molecular weight excluding hydrogens is 280 g/mol. The van der Waals surface area contributed by atoms with Crippen molar-refractivity contribution in [2.45, 2.75) is 32.7 Å². The number of rotatable bonds is 6. The van der Waals surface area contributed by atoms with Gasteiger partial charge in [0.1, 0.15) is 5.75 Å². The van der Waals surface area contributed by atoms with Crippen LogP contribution in [-0.2, 0) is 4.79 Å². The molecule has 110 valence electrons. The zero-order chi connectivity index (χ0) is 15.1. The van der Waals surface area contributed by atoms with Crippen LogP contribution in [-0.4, -0.2) is 29.5 Å². The number of hydrogen-bond acceptors (Lipinski definition) is 3. The van der Waals surface area contributed by atoms with Crippen molar-refractivity contribution in [2.75, 3.05) is 6.54 Å². The first-order valence-corrected chi connectivity index (χ1v) is 6.88. The van der Waals surface area contributed by atoms with Gasteiger partial charge in [-0.05, 0) is 31.5 Å². The summed E-state index contributed by atoms with van der Waals surface area (Å²) in [6, 6.07) is 4.35. The van der Waals surface area contributed by atoms with Crippen molar-refractivity contribution in [1.82, 2.24) is 10.6 Å². The summed E-state index contributed by atoms with van der Waals surface area (Å²) in [5.41, 5.74) is 0.0971. The highest BCUT2D eigenvalue weighted by Gasteiger charge is 2.12. The van der Waals surface area contributed by atoms with Gasteiger partial charge in [0.25, 0.3) is 5.91 Å². The predicted octanol–water partition coefficient (Wildman–Crippen LogP) is 2.08. The Labute approximate surface area is 123 Å². The molecule has 0 aliphatic carbocycles. The molecule has 0 fully saturated rings. The molecule has 0 aromatic heterocycles. The summed E-state index contributed by atoms with van der Waals surface area (Å²) in [5.74, 6) is -0.715. The number of benzene rings is 1. The zero-order valence-electron chi connectivity index (χ0n) is 11.6. The van der Waals surface area contributed by atoms with E-state index >= 15 is 0 Å². The van der Waals surface area contributed by atoms with Crippen LogP contribution in [0.4, 0.5) is 0 Å². The molecule has 1 atom stereocenters. The van der Waals surface area contributed by atoms with Gasteiger partial charge in [-0.3, -0.25) is 9.59 Å². The molecular formula is C14H19ClN2O3. The number of halogens is 1. The molecule has 1 aromatic rings. The SMILES string of the molecule is CCC(C)NC(=O)CCNC(=O)c1cc(Cl)ccc1O. The van der Waals surface area contributed by atoms with Crippen LogP contribution in [0.2, 0.25) is 5.02 Å². The van der Waals surface area contributed by atoms with E-state index in [1.165, 1.54) is 18.2 Å². The zero-order valence-corrected chi connectivity index (χ0v) is 12.3. The lowest BCUT2D eigenvalue weighted by molar-refractivity contribution is -0.121. The summed E-state index contributed by atoms with van der Waals surface area (Å²) in [6.07, 6.45) is 1.05. The van der Waals surface area contributed by atoms with E-state index < -0.39 is 5.91 Å². The second kappa shape index (κ2) is 7.75. The Hall–Kier alpha value is -1.75. The average Bonchev–Trinajstić information content (AvgIpc) is 2.41. The Morgan fingerprint density at radius 1 is 1.40 bits per heavy atom. The Bertz CT molecular complexity index is 491. The molecule has 6 heteroatoms. The molecule has 0 saturated heterocycles. The maximum absolute atomic E-state index is 11.8. The van der Waals surface area contributed by atoms with Crippen molar-refractivity contribution in [3.8, 4) is 5.75 Å². The third kappa shape index (κ3) is 5.09. The fraction of sp³-hybridized carbons (Fsp3) is 0.429. The highest BCUT2D eigenvalue weighted by Crippen LogP contribution is 2.21. The minimum Gasteiger partial charge on any atom is -0.507 e. The number of hydrogen-bond donors (Lipinski definition) is 3. The van der Waals surface area contributed by atoms with Crippen molar-refractivity contribution >= 4 is 23.4 Å². The van der Waals surface area contributed by atoms with Gasteiger partial charge in [0.2, 0.25) is 5.91 Å². The number of aromatic hydroxyl groups is 1. The van der Waals surface area contributed by atoms with Crippen molar-refractivity contribution < 1.29 is 14.7 Å². The van der Waals surface area contributed by atoms with Crippen LogP contribution in [0.25, 0.3) is 0 Å². The molecule has 2 amide bonds. The fourth-order valence-corrected chi connectivity index (χ4v) is 1.70. The maximum Gasteiger partial charge on any atom is 0.255 e. The lowest BCUT2D eigenvalue weighted by Gasteiger charge is -2.11. The average molecular weight is 299 g/mol. The summed E-state index contributed by atoms with van der Waals surface area (Å²) in [6.45, 7) is 4.10. The van der Waals surface area contributed by atoms with Crippen molar-refractivity contribution in [3.05, 3.63) is 28.8 Å². The number of phenols is 1. The van der Waals surface area contributed by atoms with Crippen molar-refractivity contribution in [1.29, 1.82) is 0 Å². The van der Waals surface area contributed by atoms with E-state index in [9.17, 15) is 14.7 Å². The Balaban J connectivity index is 2.44. The lowest BCUT2D eigenvalue weighted by Crippen LogP contribution is -2.35. The van der Waals surface area contributed by atoms with E-state index in [2.05, 4.69) is 10.6 Å². The molecule has 3 N–H and O–H groups in total. The smallest absolute Gasteiger partial charge is 0.255 e. The Morgan fingerprint density at radius 2 is 2.10 bits per heavy atom. The normalized spacial score (nSPS) is 11.8. The maximum atomic E-state index is 11.8. The van der Waals surface area contributed by atoms with E-state index in [1.807, 2.05) is 13.8 Å². The Morgan fingerprint density at radius 3 is 2.75 bits per heavy atom. The third-order valence-corrected chi connectivity index (χ3v) is 3.10. The molecule has 5 nitrogen and oxygen atoms in total. The number of nitrogens with one attached hydrogen (secondary N) is 2. The van der Waals surface area contributed by atoms with Gasteiger partial charge in [-0.25, -0.2) is 0 Å². The molecule has 1 unspecified atom stereocenters. The first-order chi connectivity index (χ1) is 9.43. The van der Waals surface area contributed by atoms with E-state index in [0.717, 1.165) is 6.42 Å². The van der Waals surface area contributed by atoms with E-state index in [-0.39, 0.29) is 36.2 Å². The van der Waals surface area contributed by atoms with Crippen LogP contribution >= 0.6 is 11.6 Å². The molecule has 0 radical (unpaired) electrons. The monoisotopic (exact) mass is 298 g/mol. The molecule has 0 aliphatic rings. The van der Waals surface area contributed by atoms with Gasteiger partial charge >= 0.3 is 0 Å². The van der Waals surface area contributed by atoms with E-state index in [0.29, 0.717) is 5.02 Å². The minimum atomic E-state index is -0.457. The first kappa shape index (κ1) is 16.3. The lowest BCUT2D eigenvalue weighted by atomic mass is 10.2. The van der Waals surface area contributed by atoms with E-state index in [1.54, 1.807) is 0 Å². The standard InChI is InChI=1S/C14H19ClN2O3/c1-3-9(2)17-13(19)6-7-16-14(20)11-8-10(15)4-5-12(11)18/h4-5,8-9,18H,3,6-7H2,1-2H3,(H,16,20)(H,17,19). The summed E-state index contributed by atoms with van der Waals surface area (Å²) >= 11 is 5.76. The summed E-state index contributed by atoms with van der Waals surface area (Å²) in [5, 5.41) is 15.3. The third-order valence-electron chi connectivity index (χ3n) is 2.86. The van der Waals surface area contributed by atoms with Gasteiger partial charge in [0, 0.05) is 24.0 Å². The summed E-state index contributed by atoms with van der Waals surface area (Å²) in [4.78, 5) is 23.3. The molecule has 0 bridgehead atoms. The Kier molecular flexibility index (Phi) is 6.31. The molecule has 0 heterocycles. The quantitative estimate of drug-likeness (QED) is 0.752. The summed E-state index contributed by atoms with van der Waals surface area (Å²) in [7, 11) is 0. The molecule has 1 aromatic carbocycles. The second-order valence-electron chi connectivity index (χ2n) is 4.54. The van der Waals surface area contributed by atoms with Gasteiger partial charge in [-0.15, -0.1) is 0 Å². The largest absolute Gasteiger partial charge is 0.507 e. The predicted molar refractivity (Wildman–Crippen MR) is 78.0 cm³/mol. The first-order valence-electron chi connectivity index (χ1n) is 6.50. The van der Waals surface area contributed by atoms with Crippen LogP contribution in [0.1, 0.15) is 37.0 Å². The molecule has 1 rings (SSSR count). The molecule has 0 saturated carbocycles. The van der Waals surface area contributed by atoms with Crippen LogP contribution < -0.4 is 10.6 Å². The van der Waals surface area contributed by atoms with E-state index in [4.69, 9.17) is 11.6 Å².